The molecule has 2 aromatic rings. The summed E-state index contributed by atoms with van der Waals surface area (Å²) in [5.74, 6) is -0.395. The first kappa shape index (κ1) is 20.4. The second kappa shape index (κ2) is 9.12. The number of nitro groups is 1. The number of ether oxygens (including phenoxy) is 2. The first-order valence-electron chi connectivity index (χ1n) is 7.97. The number of hydrazone groups is 1. The molecule has 2 amide bonds. The van der Waals surface area contributed by atoms with E-state index in [1.807, 2.05) is 0 Å². The minimum atomic E-state index is -0.578. The standard InChI is InChI=1S/C18H18N4O6/c1-11(23)20-14-6-4-5-12(7-14)18(24)21-19-10-13-8-15(22(25)26)9-16(27-2)17(13)28-3/h4-10H,1-3H3,(H,20,23)(H,21,24). The van der Waals surface area contributed by atoms with Gasteiger partial charge in [-0.25, -0.2) is 5.43 Å². The molecular formula is C18H18N4O6. The number of carbonyl (C=O) groups excluding carboxylic acids is 2. The van der Waals surface area contributed by atoms with Gasteiger partial charge in [-0.3, -0.25) is 19.7 Å². The van der Waals surface area contributed by atoms with Gasteiger partial charge in [-0.2, -0.15) is 5.10 Å². The van der Waals surface area contributed by atoms with Gasteiger partial charge in [-0.05, 0) is 18.2 Å². The summed E-state index contributed by atoms with van der Waals surface area (Å²) in [5.41, 5.74) is 3.09. The zero-order valence-electron chi connectivity index (χ0n) is 15.4. The fourth-order valence-corrected chi connectivity index (χ4v) is 2.35. The van der Waals surface area contributed by atoms with Crippen LogP contribution in [0.3, 0.4) is 0 Å². The maximum absolute atomic E-state index is 12.2. The van der Waals surface area contributed by atoms with E-state index in [2.05, 4.69) is 15.8 Å². The first-order chi connectivity index (χ1) is 13.3. The highest BCUT2D eigenvalue weighted by Gasteiger charge is 2.17. The molecule has 146 valence electrons. The minimum absolute atomic E-state index is 0.160. The van der Waals surface area contributed by atoms with Crippen LogP contribution in [0.4, 0.5) is 11.4 Å². The molecule has 2 rings (SSSR count). The van der Waals surface area contributed by atoms with Crippen LogP contribution in [-0.2, 0) is 4.79 Å². The maximum atomic E-state index is 12.2. The van der Waals surface area contributed by atoms with E-state index >= 15 is 0 Å². The van der Waals surface area contributed by atoms with E-state index in [0.717, 1.165) is 0 Å². The highest BCUT2D eigenvalue weighted by atomic mass is 16.6. The summed E-state index contributed by atoms with van der Waals surface area (Å²) in [5, 5.41) is 17.5. The first-order valence-corrected chi connectivity index (χ1v) is 7.97. The summed E-state index contributed by atoms with van der Waals surface area (Å²) in [4.78, 5) is 33.8. The zero-order valence-corrected chi connectivity index (χ0v) is 15.4. The summed E-state index contributed by atoms with van der Waals surface area (Å²) < 4.78 is 10.3. The van der Waals surface area contributed by atoms with E-state index in [1.54, 1.807) is 18.2 Å². The van der Waals surface area contributed by atoms with Crippen LogP contribution in [0.5, 0.6) is 11.5 Å². The van der Waals surface area contributed by atoms with E-state index in [0.29, 0.717) is 5.69 Å². The summed E-state index contributed by atoms with van der Waals surface area (Å²) in [6.45, 7) is 1.36. The molecule has 0 atom stereocenters. The number of anilines is 1. The molecular weight excluding hydrogens is 368 g/mol. The molecule has 0 heterocycles. The topological polar surface area (TPSA) is 132 Å². The lowest BCUT2D eigenvalue weighted by atomic mass is 10.1. The van der Waals surface area contributed by atoms with Gasteiger partial charge in [0.25, 0.3) is 11.6 Å². The Morgan fingerprint density at radius 2 is 1.93 bits per heavy atom. The van der Waals surface area contributed by atoms with Crippen molar-refractivity contribution in [2.75, 3.05) is 19.5 Å². The Balaban J connectivity index is 2.22. The Kier molecular flexibility index (Phi) is 6.63. The molecule has 2 aromatic carbocycles. The highest BCUT2D eigenvalue weighted by Crippen LogP contribution is 2.34. The molecule has 0 spiro atoms. The quantitative estimate of drug-likeness (QED) is 0.426. The lowest BCUT2D eigenvalue weighted by molar-refractivity contribution is -0.385. The van der Waals surface area contributed by atoms with E-state index in [-0.39, 0.29) is 34.2 Å². The highest BCUT2D eigenvalue weighted by molar-refractivity contribution is 5.97. The van der Waals surface area contributed by atoms with E-state index in [4.69, 9.17) is 9.47 Å². The molecule has 0 bridgehead atoms. The number of hydrogen-bond acceptors (Lipinski definition) is 7. The number of amides is 2. The molecule has 0 saturated carbocycles. The number of benzene rings is 2. The van der Waals surface area contributed by atoms with Crippen molar-refractivity contribution in [2.45, 2.75) is 6.92 Å². The summed E-state index contributed by atoms with van der Waals surface area (Å²) in [6.07, 6.45) is 1.21. The number of hydrogen-bond donors (Lipinski definition) is 2. The van der Waals surface area contributed by atoms with Gasteiger partial charge in [-0.15, -0.1) is 0 Å². The third-order valence-electron chi connectivity index (χ3n) is 3.52. The lowest BCUT2D eigenvalue weighted by Gasteiger charge is -2.10. The molecule has 10 heteroatoms. The lowest BCUT2D eigenvalue weighted by Crippen LogP contribution is -2.18. The van der Waals surface area contributed by atoms with Crippen LogP contribution in [0.25, 0.3) is 0 Å². The van der Waals surface area contributed by atoms with Gasteiger partial charge in [0.15, 0.2) is 11.5 Å². The molecule has 0 unspecified atom stereocenters. The molecule has 0 aromatic heterocycles. The van der Waals surface area contributed by atoms with Crippen LogP contribution in [-0.4, -0.2) is 37.2 Å². The van der Waals surface area contributed by atoms with Crippen molar-refractivity contribution in [1.29, 1.82) is 0 Å². The van der Waals surface area contributed by atoms with Gasteiger partial charge in [-0.1, -0.05) is 6.07 Å². The van der Waals surface area contributed by atoms with E-state index in [9.17, 15) is 19.7 Å². The Morgan fingerprint density at radius 1 is 1.18 bits per heavy atom. The molecule has 10 nitrogen and oxygen atoms in total. The maximum Gasteiger partial charge on any atom is 0.274 e. The third kappa shape index (κ3) is 5.04. The van der Waals surface area contributed by atoms with E-state index < -0.39 is 10.8 Å². The van der Waals surface area contributed by atoms with Crippen molar-refractivity contribution in [3.63, 3.8) is 0 Å². The molecule has 0 aliphatic heterocycles. The minimum Gasteiger partial charge on any atom is -0.493 e. The average molecular weight is 386 g/mol. The Labute approximate surface area is 160 Å². The number of nitrogens with zero attached hydrogens (tertiary/aromatic N) is 2. The van der Waals surface area contributed by atoms with Crippen LogP contribution < -0.4 is 20.2 Å². The number of nitrogens with one attached hydrogen (secondary N) is 2. The van der Waals surface area contributed by atoms with Gasteiger partial charge in [0.1, 0.15) is 0 Å². The average Bonchev–Trinajstić information content (AvgIpc) is 2.66. The predicted octanol–water partition coefficient (Wildman–Crippen LogP) is 2.33. The van der Waals surface area contributed by atoms with Crippen molar-refractivity contribution in [3.8, 4) is 11.5 Å². The summed E-state index contributed by atoms with van der Waals surface area (Å²) in [7, 11) is 2.74. The van der Waals surface area contributed by atoms with Crippen molar-refractivity contribution in [2.24, 2.45) is 5.10 Å². The van der Waals surface area contributed by atoms with Crippen LogP contribution in [0, 0.1) is 10.1 Å². The van der Waals surface area contributed by atoms with Gasteiger partial charge < -0.3 is 14.8 Å². The summed E-state index contributed by atoms with van der Waals surface area (Å²) in [6, 6.07) is 8.76. The van der Waals surface area contributed by atoms with Crippen LogP contribution in [0.15, 0.2) is 41.5 Å². The predicted molar refractivity (Wildman–Crippen MR) is 102 cm³/mol. The number of nitro benzene ring substituents is 1. The second-order valence-corrected chi connectivity index (χ2v) is 5.49. The van der Waals surface area contributed by atoms with Gasteiger partial charge in [0.2, 0.25) is 5.91 Å². The SMILES string of the molecule is COc1cc([N+](=O)[O-])cc(C=NNC(=O)c2cccc(NC(C)=O)c2)c1OC. The molecule has 28 heavy (non-hydrogen) atoms. The Morgan fingerprint density at radius 3 is 2.54 bits per heavy atom. The monoisotopic (exact) mass is 386 g/mol. The number of non-ortho nitro benzene ring substituents is 1. The number of rotatable bonds is 7. The van der Waals surface area contributed by atoms with Crippen LogP contribution in [0.1, 0.15) is 22.8 Å². The number of carbonyl (C=O) groups is 2. The Bertz CT molecular complexity index is 942. The molecule has 0 aliphatic carbocycles. The fourth-order valence-electron chi connectivity index (χ4n) is 2.35. The van der Waals surface area contributed by atoms with Crippen molar-refractivity contribution >= 4 is 29.4 Å². The molecule has 0 fully saturated rings. The Hall–Kier alpha value is -3.95. The normalized spacial score (nSPS) is 10.4. The third-order valence-corrected chi connectivity index (χ3v) is 3.52. The number of methoxy groups -OCH3 is 2. The van der Waals surface area contributed by atoms with Gasteiger partial charge >= 0.3 is 0 Å². The molecule has 2 N–H and O–H groups in total. The molecule has 0 aliphatic rings. The van der Waals surface area contributed by atoms with Crippen molar-refractivity contribution in [1.82, 2.24) is 5.43 Å². The van der Waals surface area contributed by atoms with Crippen LogP contribution in [0.2, 0.25) is 0 Å². The van der Waals surface area contributed by atoms with Crippen molar-refractivity contribution < 1.29 is 24.0 Å². The zero-order chi connectivity index (χ0) is 20.7. The molecule has 0 saturated heterocycles. The van der Waals surface area contributed by atoms with Crippen molar-refractivity contribution in [3.05, 3.63) is 57.6 Å². The van der Waals surface area contributed by atoms with Crippen LogP contribution >= 0.6 is 0 Å². The fraction of sp³-hybridized carbons (Fsp3) is 0.167. The summed E-state index contributed by atoms with van der Waals surface area (Å²) >= 11 is 0. The largest absolute Gasteiger partial charge is 0.493 e. The second-order valence-electron chi connectivity index (χ2n) is 5.49. The van der Waals surface area contributed by atoms with Gasteiger partial charge in [0.05, 0.1) is 31.4 Å². The van der Waals surface area contributed by atoms with E-state index in [1.165, 1.54) is 45.6 Å². The smallest absolute Gasteiger partial charge is 0.274 e. The van der Waals surface area contributed by atoms with Gasteiger partial charge in [0, 0.05) is 29.8 Å². The molecule has 0 radical (unpaired) electrons.